The van der Waals surface area contributed by atoms with Gasteiger partial charge in [0, 0.05) is 4.90 Å². The molecule has 1 rings (SSSR count). The highest BCUT2D eigenvalue weighted by atomic mass is 32.1. The van der Waals surface area contributed by atoms with Crippen molar-refractivity contribution < 1.29 is 4.74 Å². The number of rotatable bonds is 3. The lowest BCUT2D eigenvalue weighted by atomic mass is 10.2. The van der Waals surface area contributed by atoms with Crippen molar-refractivity contribution in [3.63, 3.8) is 0 Å². The van der Waals surface area contributed by atoms with Gasteiger partial charge in [0.25, 0.3) is 0 Å². The molecule has 0 aliphatic carbocycles. The van der Waals surface area contributed by atoms with Crippen molar-refractivity contribution in [2.75, 3.05) is 6.61 Å². The van der Waals surface area contributed by atoms with Gasteiger partial charge >= 0.3 is 0 Å². The zero-order chi connectivity index (χ0) is 8.97. The van der Waals surface area contributed by atoms with Gasteiger partial charge in [-0.2, -0.15) is 0 Å². The second-order valence-corrected chi connectivity index (χ2v) is 3.31. The monoisotopic (exact) mass is 182 g/mol. The Kier molecular flexibility index (Phi) is 3.48. The normalized spacial score (nSPS) is 9.92. The molecule has 0 aliphatic heterocycles. The molecule has 66 valence electrons. The second kappa shape index (κ2) is 4.41. The number of hydrogen-bond donors (Lipinski definition) is 1. The Morgan fingerprint density at radius 3 is 2.75 bits per heavy atom. The van der Waals surface area contributed by atoms with Crippen LogP contribution in [0.5, 0.6) is 5.75 Å². The molecule has 0 saturated carbocycles. The molecule has 0 N–H and O–H groups in total. The van der Waals surface area contributed by atoms with Crippen LogP contribution >= 0.6 is 12.6 Å². The number of aryl methyl sites for hydroxylation is 1. The van der Waals surface area contributed by atoms with E-state index in [-0.39, 0.29) is 0 Å². The summed E-state index contributed by atoms with van der Waals surface area (Å²) in [5.74, 6) is 0.967. The highest BCUT2D eigenvalue weighted by Crippen LogP contribution is 2.20. The van der Waals surface area contributed by atoms with Gasteiger partial charge in [-0.25, -0.2) is 0 Å². The Labute approximate surface area is 79.2 Å². The minimum Gasteiger partial charge on any atom is -0.493 e. The molecule has 0 atom stereocenters. The molecule has 0 saturated heterocycles. The van der Waals surface area contributed by atoms with Gasteiger partial charge in [0.2, 0.25) is 0 Å². The lowest BCUT2D eigenvalue weighted by Crippen LogP contribution is -1.96. The van der Waals surface area contributed by atoms with E-state index in [1.807, 2.05) is 25.1 Å². The average Bonchev–Trinajstić information content (AvgIpc) is 2.03. The van der Waals surface area contributed by atoms with Crippen LogP contribution in [0.1, 0.15) is 18.9 Å². The van der Waals surface area contributed by atoms with Crippen LogP contribution < -0.4 is 4.74 Å². The molecule has 0 amide bonds. The Balaban J connectivity index is 2.72. The van der Waals surface area contributed by atoms with Crippen LogP contribution in [-0.2, 0) is 0 Å². The first-order chi connectivity index (χ1) is 5.74. The van der Waals surface area contributed by atoms with E-state index in [4.69, 9.17) is 4.74 Å². The van der Waals surface area contributed by atoms with E-state index < -0.39 is 0 Å². The lowest BCUT2D eigenvalue weighted by molar-refractivity contribution is 0.315. The van der Waals surface area contributed by atoms with Crippen LogP contribution in [0.2, 0.25) is 0 Å². The third kappa shape index (κ3) is 2.45. The van der Waals surface area contributed by atoms with Crippen molar-refractivity contribution in [2.24, 2.45) is 0 Å². The van der Waals surface area contributed by atoms with E-state index in [2.05, 4.69) is 19.6 Å². The quantitative estimate of drug-likeness (QED) is 0.707. The first kappa shape index (κ1) is 9.46. The van der Waals surface area contributed by atoms with Crippen molar-refractivity contribution >= 4 is 12.6 Å². The maximum Gasteiger partial charge on any atom is 0.122 e. The Morgan fingerprint density at radius 2 is 2.17 bits per heavy atom. The number of hydrogen-bond acceptors (Lipinski definition) is 2. The van der Waals surface area contributed by atoms with Crippen LogP contribution in [0, 0.1) is 6.92 Å². The molecule has 1 aromatic carbocycles. The Morgan fingerprint density at radius 1 is 1.42 bits per heavy atom. The van der Waals surface area contributed by atoms with E-state index in [0.29, 0.717) is 0 Å². The summed E-state index contributed by atoms with van der Waals surface area (Å²) >= 11 is 4.24. The summed E-state index contributed by atoms with van der Waals surface area (Å²) in [6.07, 6.45) is 1.04. The summed E-state index contributed by atoms with van der Waals surface area (Å²) in [5.41, 5.74) is 1.15. The summed E-state index contributed by atoms with van der Waals surface area (Å²) in [4.78, 5) is 0.983. The second-order valence-electron chi connectivity index (χ2n) is 2.80. The number of ether oxygens (including phenoxy) is 1. The molecular formula is C10H14OS. The fourth-order valence-corrected chi connectivity index (χ4v) is 1.28. The van der Waals surface area contributed by atoms with Crippen LogP contribution in [0.4, 0.5) is 0 Å². The number of benzene rings is 1. The van der Waals surface area contributed by atoms with E-state index in [0.717, 1.165) is 29.2 Å². The molecule has 1 aromatic rings. The van der Waals surface area contributed by atoms with Crippen molar-refractivity contribution in [2.45, 2.75) is 25.2 Å². The van der Waals surface area contributed by atoms with Gasteiger partial charge in [0.05, 0.1) is 6.61 Å². The SMILES string of the molecule is CCCOc1ccc(S)cc1C. The minimum absolute atomic E-state index is 0.784. The van der Waals surface area contributed by atoms with E-state index in [1.165, 1.54) is 0 Å². The van der Waals surface area contributed by atoms with E-state index in [9.17, 15) is 0 Å². The highest BCUT2D eigenvalue weighted by molar-refractivity contribution is 7.80. The summed E-state index contributed by atoms with van der Waals surface area (Å²) in [6, 6.07) is 5.92. The maximum absolute atomic E-state index is 5.51. The Hall–Kier alpha value is -0.630. The first-order valence-corrected chi connectivity index (χ1v) is 4.61. The summed E-state index contributed by atoms with van der Waals surface area (Å²) in [7, 11) is 0. The van der Waals surface area contributed by atoms with Gasteiger partial charge in [-0.15, -0.1) is 12.6 Å². The first-order valence-electron chi connectivity index (χ1n) is 4.16. The van der Waals surface area contributed by atoms with Crippen molar-refractivity contribution in [3.05, 3.63) is 23.8 Å². The lowest BCUT2D eigenvalue weighted by Gasteiger charge is -2.07. The minimum atomic E-state index is 0.784. The highest BCUT2D eigenvalue weighted by Gasteiger charge is 1.97. The van der Waals surface area contributed by atoms with Crippen molar-refractivity contribution in [3.8, 4) is 5.75 Å². The fraction of sp³-hybridized carbons (Fsp3) is 0.400. The number of thiol groups is 1. The predicted molar refractivity (Wildman–Crippen MR) is 54.2 cm³/mol. The standard InChI is InChI=1S/C10H14OS/c1-3-6-11-10-5-4-9(12)7-8(10)2/h4-5,7,12H,3,6H2,1-2H3. The summed E-state index contributed by atoms with van der Waals surface area (Å²) in [6.45, 7) is 4.92. The molecule has 0 spiro atoms. The average molecular weight is 182 g/mol. The molecule has 1 nitrogen and oxygen atoms in total. The zero-order valence-corrected chi connectivity index (χ0v) is 8.40. The molecule has 0 bridgehead atoms. The van der Waals surface area contributed by atoms with Gasteiger partial charge < -0.3 is 4.74 Å². The summed E-state index contributed by atoms with van der Waals surface area (Å²) in [5, 5.41) is 0. The third-order valence-electron chi connectivity index (χ3n) is 1.62. The van der Waals surface area contributed by atoms with Gasteiger partial charge in [-0.05, 0) is 37.1 Å². The topological polar surface area (TPSA) is 9.23 Å². The smallest absolute Gasteiger partial charge is 0.122 e. The fourth-order valence-electron chi connectivity index (χ4n) is 1.01. The van der Waals surface area contributed by atoms with Crippen LogP contribution in [-0.4, -0.2) is 6.61 Å². The van der Waals surface area contributed by atoms with E-state index in [1.54, 1.807) is 0 Å². The molecule has 0 aromatic heterocycles. The maximum atomic E-state index is 5.51. The predicted octanol–water partition coefficient (Wildman–Crippen LogP) is 3.07. The summed E-state index contributed by atoms with van der Waals surface area (Å²) < 4.78 is 5.51. The molecule has 0 aliphatic rings. The largest absolute Gasteiger partial charge is 0.493 e. The molecule has 2 heteroatoms. The van der Waals surface area contributed by atoms with Gasteiger partial charge in [-0.3, -0.25) is 0 Å². The zero-order valence-electron chi connectivity index (χ0n) is 7.50. The van der Waals surface area contributed by atoms with Gasteiger partial charge in [0.1, 0.15) is 5.75 Å². The third-order valence-corrected chi connectivity index (χ3v) is 1.90. The van der Waals surface area contributed by atoms with Crippen LogP contribution in [0.25, 0.3) is 0 Å². The molecule has 0 unspecified atom stereocenters. The van der Waals surface area contributed by atoms with Gasteiger partial charge in [0.15, 0.2) is 0 Å². The van der Waals surface area contributed by atoms with Crippen molar-refractivity contribution in [1.29, 1.82) is 0 Å². The van der Waals surface area contributed by atoms with Crippen LogP contribution in [0.3, 0.4) is 0 Å². The van der Waals surface area contributed by atoms with Crippen LogP contribution in [0.15, 0.2) is 23.1 Å². The molecule has 0 radical (unpaired) electrons. The molecule has 0 fully saturated rings. The van der Waals surface area contributed by atoms with Gasteiger partial charge in [-0.1, -0.05) is 6.92 Å². The van der Waals surface area contributed by atoms with E-state index >= 15 is 0 Å². The molecular weight excluding hydrogens is 168 g/mol. The molecule has 0 heterocycles. The Bertz CT molecular complexity index is 258. The van der Waals surface area contributed by atoms with Crippen molar-refractivity contribution in [1.82, 2.24) is 0 Å². The molecule has 12 heavy (non-hydrogen) atoms.